The van der Waals surface area contributed by atoms with Gasteiger partial charge in [-0.15, -0.1) is 23.2 Å². The maximum atomic E-state index is 11.2. The molecule has 6 heteroatoms. The van der Waals surface area contributed by atoms with Crippen LogP contribution in [0.1, 0.15) is 33.1 Å². The monoisotopic (exact) mass is 284 g/mol. The standard InChI is InChI=1S/C11H18Cl2O4/c1-3-16-10(14)8(12)6-5-7-9(13)11(15)17-4-2/h8-9H,3-7H2,1-2H3. The molecule has 0 bridgehead atoms. The molecule has 0 radical (unpaired) electrons. The van der Waals surface area contributed by atoms with Gasteiger partial charge in [0.2, 0.25) is 0 Å². The summed E-state index contributed by atoms with van der Waals surface area (Å²) >= 11 is 11.6. The first-order chi connectivity index (χ1) is 8.02. The average Bonchev–Trinajstić information content (AvgIpc) is 2.29. The van der Waals surface area contributed by atoms with Crippen LogP contribution < -0.4 is 0 Å². The Hall–Kier alpha value is -0.480. The van der Waals surface area contributed by atoms with Crippen molar-refractivity contribution in [3.05, 3.63) is 0 Å². The van der Waals surface area contributed by atoms with Crippen LogP contribution in [-0.4, -0.2) is 35.9 Å². The molecule has 0 fully saturated rings. The predicted molar refractivity (Wildman–Crippen MR) is 66.4 cm³/mol. The molecule has 100 valence electrons. The second-order valence-corrected chi connectivity index (χ2v) is 4.42. The number of hydrogen-bond acceptors (Lipinski definition) is 4. The van der Waals surface area contributed by atoms with Gasteiger partial charge in [0.15, 0.2) is 0 Å². The number of ether oxygens (including phenoxy) is 2. The van der Waals surface area contributed by atoms with Gasteiger partial charge >= 0.3 is 11.9 Å². The van der Waals surface area contributed by atoms with Crippen molar-refractivity contribution in [2.75, 3.05) is 13.2 Å². The van der Waals surface area contributed by atoms with E-state index in [-0.39, 0.29) is 0 Å². The normalized spacial score (nSPS) is 13.9. The molecule has 0 aliphatic heterocycles. The lowest BCUT2D eigenvalue weighted by atomic mass is 10.1. The van der Waals surface area contributed by atoms with Crippen LogP contribution in [0.4, 0.5) is 0 Å². The molecule has 0 amide bonds. The summed E-state index contributed by atoms with van der Waals surface area (Å²) in [5.41, 5.74) is 0. The Morgan fingerprint density at radius 3 is 1.59 bits per heavy atom. The van der Waals surface area contributed by atoms with E-state index < -0.39 is 22.7 Å². The fourth-order valence-corrected chi connectivity index (χ4v) is 1.61. The number of rotatable bonds is 8. The molecule has 0 aromatic rings. The van der Waals surface area contributed by atoms with Crippen LogP contribution in [0.25, 0.3) is 0 Å². The van der Waals surface area contributed by atoms with Crippen LogP contribution >= 0.6 is 23.2 Å². The highest BCUT2D eigenvalue weighted by molar-refractivity contribution is 6.30. The largest absolute Gasteiger partial charge is 0.465 e. The van der Waals surface area contributed by atoms with Crippen molar-refractivity contribution in [1.82, 2.24) is 0 Å². The molecule has 0 N–H and O–H groups in total. The van der Waals surface area contributed by atoms with Crippen molar-refractivity contribution in [2.24, 2.45) is 0 Å². The smallest absolute Gasteiger partial charge is 0.324 e. The Morgan fingerprint density at radius 2 is 1.29 bits per heavy atom. The van der Waals surface area contributed by atoms with Gasteiger partial charge < -0.3 is 9.47 Å². The molecule has 0 saturated carbocycles. The first kappa shape index (κ1) is 16.5. The van der Waals surface area contributed by atoms with E-state index in [1.807, 2.05) is 0 Å². The molecule has 0 heterocycles. The van der Waals surface area contributed by atoms with E-state index in [0.717, 1.165) is 0 Å². The first-order valence-electron chi connectivity index (χ1n) is 5.64. The molecule has 4 nitrogen and oxygen atoms in total. The van der Waals surface area contributed by atoms with Crippen LogP contribution in [0.5, 0.6) is 0 Å². The summed E-state index contributed by atoms with van der Waals surface area (Å²) in [5, 5.41) is -1.36. The third kappa shape index (κ3) is 7.45. The molecule has 0 rings (SSSR count). The molecule has 17 heavy (non-hydrogen) atoms. The second-order valence-electron chi connectivity index (χ2n) is 3.37. The van der Waals surface area contributed by atoms with Crippen molar-refractivity contribution in [2.45, 2.75) is 43.9 Å². The van der Waals surface area contributed by atoms with Crippen molar-refractivity contribution in [3.63, 3.8) is 0 Å². The van der Waals surface area contributed by atoms with Crippen LogP contribution in [0.3, 0.4) is 0 Å². The molecule has 2 unspecified atom stereocenters. The maximum Gasteiger partial charge on any atom is 0.324 e. The Balaban J connectivity index is 3.75. The zero-order valence-corrected chi connectivity index (χ0v) is 11.6. The third-order valence-electron chi connectivity index (χ3n) is 2.00. The van der Waals surface area contributed by atoms with E-state index in [1.54, 1.807) is 13.8 Å². The fraction of sp³-hybridized carbons (Fsp3) is 0.818. The summed E-state index contributed by atoms with van der Waals surface area (Å²) in [6, 6.07) is 0. The van der Waals surface area contributed by atoms with E-state index >= 15 is 0 Å². The molecule has 0 aliphatic rings. The lowest BCUT2D eigenvalue weighted by molar-refractivity contribution is -0.143. The number of hydrogen-bond donors (Lipinski definition) is 0. The van der Waals surface area contributed by atoms with Crippen molar-refractivity contribution < 1.29 is 19.1 Å². The minimum absolute atomic E-state index is 0.309. The van der Waals surface area contributed by atoms with Crippen LogP contribution in [0, 0.1) is 0 Å². The van der Waals surface area contributed by atoms with Crippen LogP contribution in [0.2, 0.25) is 0 Å². The summed E-state index contributed by atoms with van der Waals surface area (Å²) in [6.45, 7) is 4.06. The summed E-state index contributed by atoms with van der Waals surface area (Å²) in [6.07, 6.45) is 1.44. The number of alkyl halides is 2. The Bertz CT molecular complexity index is 222. The third-order valence-corrected chi connectivity index (χ3v) is 2.79. The van der Waals surface area contributed by atoms with Gasteiger partial charge in [0.1, 0.15) is 10.8 Å². The number of halogens is 2. The number of esters is 2. The molecular formula is C11H18Cl2O4. The van der Waals surface area contributed by atoms with E-state index in [1.165, 1.54) is 0 Å². The minimum Gasteiger partial charge on any atom is -0.465 e. The van der Waals surface area contributed by atoms with Gasteiger partial charge in [0.05, 0.1) is 13.2 Å². The highest BCUT2D eigenvalue weighted by Gasteiger charge is 2.19. The maximum absolute atomic E-state index is 11.2. The zero-order valence-electron chi connectivity index (χ0n) is 10.1. The molecule has 0 aromatic carbocycles. The molecule has 2 atom stereocenters. The van der Waals surface area contributed by atoms with E-state index in [4.69, 9.17) is 32.7 Å². The number of carbonyl (C=O) groups excluding carboxylic acids is 2. The van der Waals surface area contributed by atoms with Gasteiger partial charge in [-0.2, -0.15) is 0 Å². The molecule has 0 aliphatic carbocycles. The van der Waals surface area contributed by atoms with Gasteiger partial charge in [-0.05, 0) is 33.1 Å². The van der Waals surface area contributed by atoms with E-state index in [0.29, 0.717) is 32.5 Å². The van der Waals surface area contributed by atoms with E-state index in [9.17, 15) is 9.59 Å². The van der Waals surface area contributed by atoms with Crippen molar-refractivity contribution in [1.29, 1.82) is 0 Å². The second kappa shape index (κ2) is 9.54. The van der Waals surface area contributed by atoms with Gasteiger partial charge in [0.25, 0.3) is 0 Å². The molecule has 0 saturated heterocycles. The lowest BCUT2D eigenvalue weighted by Gasteiger charge is -2.10. The Kier molecular flexibility index (Phi) is 9.27. The average molecular weight is 285 g/mol. The lowest BCUT2D eigenvalue weighted by Crippen LogP contribution is -2.20. The predicted octanol–water partition coefficient (Wildman–Crippen LogP) is 2.50. The van der Waals surface area contributed by atoms with Crippen molar-refractivity contribution >= 4 is 35.1 Å². The van der Waals surface area contributed by atoms with Gasteiger partial charge in [-0.25, -0.2) is 0 Å². The first-order valence-corrected chi connectivity index (χ1v) is 6.51. The highest BCUT2D eigenvalue weighted by atomic mass is 35.5. The zero-order chi connectivity index (χ0) is 13.3. The van der Waals surface area contributed by atoms with E-state index in [2.05, 4.69) is 0 Å². The number of carbonyl (C=O) groups is 2. The van der Waals surface area contributed by atoms with Crippen molar-refractivity contribution in [3.8, 4) is 0 Å². The van der Waals surface area contributed by atoms with Crippen LogP contribution in [-0.2, 0) is 19.1 Å². The summed E-state index contributed by atoms with van der Waals surface area (Å²) in [5.74, 6) is -0.868. The summed E-state index contributed by atoms with van der Waals surface area (Å²) in [4.78, 5) is 22.4. The Morgan fingerprint density at radius 1 is 0.941 bits per heavy atom. The summed E-state index contributed by atoms with van der Waals surface area (Å²) < 4.78 is 9.50. The van der Waals surface area contributed by atoms with Crippen LogP contribution in [0.15, 0.2) is 0 Å². The molecular weight excluding hydrogens is 267 g/mol. The van der Waals surface area contributed by atoms with Gasteiger partial charge in [0, 0.05) is 0 Å². The molecule has 0 spiro atoms. The quantitative estimate of drug-likeness (QED) is 0.508. The highest BCUT2D eigenvalue weighted by Crippen LogP contribution is 2.14. The fourth-order valence-electron chi connectivity index (χ4n) is 1.18. The topological polar surface area (TPSA) is 52.6 Å². The van der Waals surface area contributed by atoms with Gasteiger partial charge in [-0.3, -0.25) is 9.59 Å². The Labute approximate surface area is 112 Å². The summed E-state index contributed by atoms with van der Waals surface area (Å²) in [7, 11) is 0. The van der Waals surface area contributed by atoms with Gasteiger partial charge in [-0.1, -0.05) is 0 Å². The minimum atomic E-state index is -0.680. The SMILES string of the molecule is CCOC(=O)C(Cl)CCCC(Cl)C(=O)OCC. The molecule has 0 aromatic heterocycles.